The molecule has 7 heteroatoms. The van der Waals surface area contributed by atoms with E-state index in [0.717, 1.165) is 30.9 Å². The van der Waals surface area contributed by atoms with E-state index in [1.165, 1.54) is 16.2 Å². The number of methoxy groups -OCH3 is 1. The summed E-state index contributed by atoms with van der Waals surface area (Å²) >= 11 is 1.38. The molecule has 1 amide bonds. The molecule has 0 bridgehead atoms. The third-order valence-corrected chi connectivity index (χ3v) is 5.08. The van der Waals surface area contributed by atoms with Crippen molar-refractivity contribution in [1.82, 2.24) is 4.90 Å². The minimum absolute atomic E-state index is 0.104. The van der Waals surface area contributed by atoms with E-state index in [-0.39, 0.29) is 12.5 Å². The van der Waals surface area contributed by atoms with Gasteiger partial charge in [0.05, 0.1) is 7.11 Å². The summed E-state index contributed by atoms with van der Waals surface area (Å²) in [6, 6.07) is 0. The third-order valence-electron chi connectivity index (χ3n) is 3.85. The zero-order valence-electron chi connectivity index (χ0n) is 12.8. The lowest BCUT2D eigenvalue weighted by Gasteiger charge is -2.32. The summed E-state index contributed by atoms with van der Waals surface area (Å²) in [4.78, 5) is 16.4. The molecule has 6 nitrogen and oxygen atoms in total. The van der Waals surface area contributed by atoms with Gasteiger partial charge in [0.25, 0.3) is 5.91 Å². The van der Waals surface area contributed by atoms with Crippen molar-refractivity contribution in [2.45, 2.75) is 12.8 Å². The first-order valence-electron chi connectivity index (χ1n) is 7.03. The maximum absolute atomic E-state index is 12.2. The summed E-state index contributed by atoms with van der Waals surface area (Å²) in [5.74, 6) is 0.854. The Morgan fingerprint density at radius 1 is 1.48 bits per heavy atom. The summed E-state index contributed by atoms with van der Waals surface area (Å²) in [6.45, 7) is 1.93. The number of hydrogen-bond donors (Lipinski definition) is 2. The zero-order chi connectivity index (χ0) is 15.6. The highest BCUT2D eigenvalue weighted by atomic mass is 32.1. The van der Waals surface area contributed by atoms with Gasteiger partial charge in [-0.1, -0.05) is 0 Å². The molecule has 3 N–H and O–H groups in total. The Morgan fingerprint density at radius 3 is 2.57 bits per heavy atom. The number of nitrogens with two attached hydrogens (primary N) is 1. The number of anilines is 2. The maximum Gasteiger partial charge on any atom is 0.265 e. The fraction of sp³-hybridized carbons (Fsp3) is 0.643. The smallest absolute Gasteiger partial charge is 0.265 e. The van der Waals surface area contributed by atoms with E-state index < -0.39 is 0 Å². The highest BCUT2D eigenvalue weighted by molar-refractivity contribution is 7.19. The molecule has 0 atom stereocenters. The molecule has 0 spiro atoms. The van der Waals surface area contributed by atoms with Gasteiger partial charge in [-0.05, 0) is 18.8 Å². The molecule has 1 saturated heterocycles. The minimum atomic E-state index is -0.104. The average molecular weight is 313 g/mol. The molecule has 1 aliphatic heterocycles. The third kappa shape index (κ3) is 3.08. The van der Waals surface area contributed by atoms with Gasteiger partial charge < -0.3 is 25.4 Å². The lowest BCUT2D eigenvalue weighted by Crippen LogP contribution is -2.34. The van der Waals surface area contributed by atoms with Crippen LogP contribution < -0.4 is 15.4 Å². The summed E-state index contributed by atoms with van der Waals surface area (Å²) in [5.41, 5.74) is 6.50. The number of thiophene rings is 1. The Hall–Kier alpha value is -1.47. The van der Waals surface area contributed by atoms with Crippen LogP contribution in [0.3, 0.4) is 0 Å². The van der Waals surface area contributed by atoms with Gasteiger partial charge in [0.1, 0.15) is 15.6 Å². The molecule has 1 aromatic heterocycles. The van der Waals surface area contributed by atoms with Crippen molar-refractivity contribution in [3.05, 3.63) is 4.88 Å². The first-order valence-corrected chi connectivity index (χ1v) is 7.84. The van der Waals surface area contributed by atoms with Crippen molar-refractivity contribution >= 4 is 27.9 Å². The zero-order valence-corrected chi connectivity index (χ0v) is 13.6. The van der Waals surface area contributed by atoms with Crippen LogP contribution in [0, 0.1) is 5.92 Å². The standard InChI is InChI=1S/C14H23N3O3S/c1-16(2)13(19)12-10(15)11(20-3)14(21-12)17-6-4-9(8-18)5-7-17/h9,18H,4-8,15H2,1-3H3. The van der Waals surface area contributed by atoms with E-state index >= 15 is 0 Å². The van der Waals surface area contributed by atoms with Crippen molar-refractivity contribution < 1.29 is 14.6 Å². The molecule has 118 valence electrons. The summed E-state index contributed by atoms with van der Waals surface area (Å²) < 4.78 is 5.42. The second-order valence-electron chi connectivity index (χ2n) is 5.50. The largest absolute Gasteiger partial charge is 0.492 e. The Labute approximate surface area is 129 Å². The van der Waals surface area contributed by atoms with Gasteiger partial charge >= 0.3 is 0 Å². The van der Waals surface area contributed by atoms with E-state index in [1.54, 1.807) is 21.2 Å². The van der Waals surface area contributed by atoms with Gasteiger partial charge in [0.15, 0.2) is 5.75 Å². The van der Waals surface area contributed by atoms with Crippen LogP contribution in [0.15, 0.2) is 0 Å². The molecule has 0 aromatic carbocycles. The van der Waals surface area contributed by atoms with Crippen LogP contribution in [-0.4, -0.2) is 56.8 Å². The monoisotopic (exact) mass is 313 g/mol. The van der Waals surface area contributed by atoms with E-state index in [2.05, 4.69) is 4.90 Å². The SMILES string of the molecule is COc1c(N2CCC(CO)CC2)sc(C(=O)N(C)C)c1N. The normalized spacial score (nSPS) is 16.1. The number of nitrogens with zero attached hydrogens (tertiary/aromatic N) is 2. The van der Waals surface area contributed by atoms with Gasteiger partial charge in [-0.25, -0.2) is 0 Å². The number of rotatable bonds is 4. The van der Waals surface area contributed by atoms with E-state index in [4.69, 9.17) is 10.5 Å². The first-order chi connectivity index (χ1) is 9.99. The first kappa shape index (κ1) is 15.9. The number of aliphatic hydroxyl groups excluding tert-OH is 1. The predicted molar refractivity (Wildman–Crippen MR) is 85.3 cm³/mol. The molecule has 0 unspecified atom stereocenters. The number of hydrogen-bond acceptors (Lipinski definition) is 6. The fourth-order valence-corrected chi connectivity index (χ4v) is 3.77. The van der Waals surface area contributed by atoms with Gasteiger partial charge in [0.2, 0.25) is 0 Å². The van der Waals surface area contributed by atoms with Crippen LogP contribution in [-0.2, 0) is 0 Å². The number of piperidine rings is 1. The van der Waals surface area contributed by atoms with Gasteiger partial charge in [-0.2, -0.15) is 0 Å². The van der Waals surface area contributed by atoms with Gasteiger partial charge in [-0.15, -0.1) is 11.3 Å². The van der Waals surface area contributed by atoms with Crippen LogP contribution in [0.4, 0.5) is 10.7 Å². The number of carbonyl (C=O) groups excluding carboxylic acids is 1. The summed E-state index contributed by atoms with van der Waals surface area (Å²) in [6.07, 6.45) is 1.88. The molecule has 0 aliphatic carbocycles. The van der Waals surface area contributed by atoms with E-state index in [1.807, 2.05) is 0 Å². The van der Waals surface area contributed by atoms with Gasteiger partial charge in [-0.3, -0.25) is 4.79 Å². The Bertz CT molecular complexity index is 508. The van der Waals surface area contributed by atoms with E-state index in [9.17, 15) is 9.90 Å². The van der Waals surface area contributed by atoms with Crippen LogP contribution >= 0.6 is 11.3 Å². The molecule has 2 rings (SSSR count). The number of ether oxygens (including phenoxy) is 1. The molecule has 2 heterocycles. The second-order valence-corrected chi connectivity index (χ2v) is 6.49. The Morgan fingerprint density at radius 2 is 2.10 bits per heavy atom. The molecular formula is C14H23N3O3S. The Balaban J connectivity index is 2.27. The quantitative estimate of drug-likeness (QED) is 0.874. The topological polar surface area (TPSA) is 79.0 Å². The van der Waals surface area contributed by atoms with Crippen LogP contribution in [0.5, 0.6) is 5.75 Å². The lowest BCUT2D eigenvalue weighted by molar-refractivity contribution is 0.0833. The van der Waals surface area contributed by atoms with Crippen molar-refractivity contribution in [2.24, 2.45) is 5.92 Å². The van der Waals surface area contributed by atoms with Crippen molar-refractivity contribution in [3.63, 3.8) is 0 Å². The highest BCUT2D eigenvalue weighted by Gasteiger charge is 2.28. The van der Waals surface area contributed by atoms with Crippen LogP contribution in [0.2, 0.25) is 0 Å². The van der Waals surface area contributed by atoms with Crippen LogP contribution in [0.25, 0.3) is 0 Å². The predicted octanol–water partition coefficient (Wildman–Crippen LogP) is 1.25. The Kier molecular flexibility index (Phi) is 4.95. The molecule has 0 radical (unpaired) electrons. The number of carbonyl (C=O) groups is 1. The number of amides is 1. The summed E-state index contributed by atoms with van der Waals surface area (Å²) in [7, 11) is 4.99. The molecular weight excluding hydrogens is 290 g/mol. The number of aliphatic hydroxyl groups is 1. The van der Waals surface area contributed by atoms with Crippen molar-refractivity contribution in [2.75, 3.05) is 51.5 Å². The van der Waals surface area contributed by atoms with E-state index in [0.29, 0.717) is 22.2 Å². The molecule has 1 aliphatic rings. The second kappa shape index (κ2) is 6.53. The molecule has 0 saturated carbocycles. The molecule has 1 fully saturated rings. The number of nitrogen functional groups attached to an aromatic ring is 1. The maximum atomic E-state index is 12.2. The van der Waals surface area contributed by atoms with Gasteiger partial charge in [0, 0.05) is 33.8 Å². The lowest BCUT2D eigenvalue weighted by atomic mass is 9.98. The fourth-order valence-electron chi connectivity index (χ4n) is 2.50. The highest BCUT2D eigenvalue weighted by Crippen LogP contribution is 2.46. The molecule has 1 aromatic rings. The van der Waals surface area contributed by atoms with Crippen molar-refractivity contribution in [1.29, 1.82) is 0 Å². The average Bonchev–Trinajstić information content (AvgIpc) is 2.83. The minimum Gasteiger partial charge on any atom is -0.492 e. The summed E-state index contributed by atoms with van der Waals surface area (Å²) in [5, 5.41) is 10.1. The molecule has 21 heavy (non-hydrogen) atoms. The van der Waals surface area contributed by atoms with Crippen molar-refractivity contribution in [3.8, 4) is 5.75 Å². The van der Waals surface area contributed by atoms with Crippen LogP contribution in [0.1, 0.15) is 22.5 Å².